The van der Waals surface area contributed by atoms with Crippen molar-refractivity contribution in [3.05, 3.63) is 533 Å². The number of aromatic nitrogens is 7. The van der Waals surface area contributed by atoms with Crippen LogP contribution in [0.15, 0.2) is 457 Å². The molecule has 678 valence electrons. The van der Waals surface area contributed by atoms with Gasteiger partial charge in [-0.2, -0.15) is 15.8 Å². The normalized spacial score (nSPS) is 14.6. The standard InChI is InChI=1S/C49H28N4O.C47H27N3O.C37H23N3O/c50-29-35-28-43-44(39-25-26-54-45(35)39)38-24-23-34(27-42(38)49(43)40-17-9-7-15-36(40)37-16-8-10-18-41(37)49)30-19-21-33(22-20-30)48-52-46(31-11-3-1-4-12-31)51-47(53-48)32-13-5-2-6-14-32;48-28-29-18-20-30(21-19-29)37-27-41-44(36-24-25-51-45(36)37)35-13-5-7-15-39(35)47(41)38-14-6-4-12-33(38)34-23-22-31(26-40(34)47)46-49-42-16-8-9-17-43(42)50(46)32-10-2-1-3-11-32;1-2-34-39-31-13-7-8-14-32(31)40(34)33-20-30-35(26-17-18-41-36(26)33)25-10-4-6-12-28(25)37(30)27-11-5-3-9-23(27)24-16-15-22(21-38)19-29(24)37/h1-28H;1-27H;3-20H,2H2,1H3. The van der Waals surface area contributed by atoms with E-state index in [1.165, 1.54) is 111 Å². The van der Waals surface area contributed by atoms with Crippen molar-refractivity contribution in [1.29, 1.82) is 15.8 Å². The van der Waals surface area contributed by atoms with Crippen LogP contribution in [0.2, 0.25) is 0 Å². The summed E-state index contributed by atoms with van der Waals surface area (Å²) in [5.74, 6) is 3.79. The second-order valence-electron chi connectivity index (χ2n) is 38.1. The first-order chi connectivity index (χ1) is 72.2. The highest BCUT2D eigenvalue weighted by Gasteiger charge is 2.57. The second kappa shape index (κ2) is 32.1. The maximum atomic E-state index is 10.3. The van der Waals surface area contributed by atoms with Crippen LogP contribution >= 0.6 is 0 Å². The summed E-state index contributed by atoms with van der Waals surface area (Å²) in [6.07, 6.45) is 6.09. The number of nitrogens with zero attached hydrogens (tertiary/aromatic N) is 10. The highest BCUT2D eigenvalue weighted by molar-refractivity contribution is 6.13. The molecule has 0 aliphatic heterocycles. The van der Waals surface area contributed by atoms with Crippen LogP contribution in [-0.4, -0.2) is 34.1 Å². The molecule has 13 heteroatoms. The van der Waals surface area contributed by atoms with E-state index in [9.17, 15) is 15.8 Å². The zero-order valence-electron chi connectivity index (χ0n) is 78.6. The molecule has 0 amide bonds. The minimum Gasteiger partial charge on any atom is -0.464 e. The zero-order chi connectivity index (χ0) is 96.8. The van der Waals surface area contributed by atoms with Gasteiger partial charge < -0.3 is 13.3 Å². The number of rotatable bonds is 9. The Balaban J connectivity index is 0.000000105. The van der Waals surface area contributed by atoms with E-state index in [-0.39, 0.29) is 0 Å². The lowest BCUT2D eigenvalue weighted by molar-refractivity contribution is 0.612. The van der Waals surface area contributed by atoms with Gasteiger partial charge in [-0.1, -0.05) is 322 Å². The lowest BCUT2D eigenvalue weighted by Gasteiger charge is -2.31. The van der Waals surface area contributed by atoms with Gasteiger partial charge in [0.05, 0.1) is 91.6 Å². The zero-order valence-corrected chi connectivity index (χ0v) is 78.6. The van der Waals surface area contributed by atoms with Crippen LogP contribution in [0.4, 0.5) is 0 Å². The minimum absolute atomic E-state index is 0.544. The number of furan rings is 3. The molecule has 6 heterocycles. The van der Waals surface area contributed by atoms with Crippen molar-refractivity contribution in [2.75, 3.05) is 0 Å². The summed E-state index contributed by atoms with van der Waals surface area (Å²) in [4.78, 5) is 25.0. The SMILES string of the molecule is CCc1nc2ccccc2n1-c1cc2c(c3ccoc13)-c1ccccc1C21c2ccccc2-c2ccc(C#N)cc21.N#Cc1cc2c(c3ccoc13)-c1ccc(-c3ccc(-c4nc(-c5ccccc5)nc(-c5ccccc5)n4)cc3)cc1C21c2ccccc2-c2ccccc21.N#Cc1ccc(-c2cc3c(c4ccoc24)-c2ccccc2C32c3ccccc3-c3ccc(-c4nc5ccccc5n4-c4ccccc4)cc32)cc1. The fourth-order valence-corrected chi connectivity index (χ4v) is 25.2. The third-order valence-electron chi connectivity index (χ3n) is 31.1. The van der Waals surface area contributed by atoms with Gasteiger partial charge >= 0.3 is 0 Å². The van der Waals surface area contributed by atoms with E-state index < -0.39 is 16.2 Å². The molecule has 0 bridgehead atoms. The van der Waals surface area contributed by atoms with Crippen molar-refractivity contribution in [3.8, 4) is 164 Å². The van der Waals surface area contributed by atoms with Gasteiger partial charge in [-0.25, -0.2) is 24.9 Å². The molecule has 19 aromatic carbocycles. The Labute approximate surface area is 838 Å². The maximum absolute atomic E-state index is 10.3. The predicted octanol–water partition coefficient (Wildman–Crippen LogP) is 31.4. The Bertz CT molecular complexity index is 9890. The average molecular weight is 1860 g/mol. The molecule has 0 fully saturated rings. The van der Waals surface area contributed by atoms with E-state index in [0.717, 1.165) is 146 Å². The Hall–Kier alpha value is -19.8. The summed E-state index contributed by atoms with van der Waals surface area (Å²) in [7, 11) is 0. The smallest absolute Gasteiger partial charge is 0.164 e. The van der Waals surface area contributed by atoms with Gasteiger partial charge in [-0.15, -0.1) is 0 Å². The molecule has 0 radical (unpaired) electrons. The van der Waals surface area contributed by atoms with Crippen molar-refractivity contribution < 1.29 is 13.3 Å². The number of para-hydroxylation sites is 5. The van der Waals surface area contributed by atoms with Crippen LogP contribution in [0.1, 0.15) is 96.2 Å². The van der Waals surface area contributed by atoms with Crippen LogP contribution in [-0.2, 0) is 22.7 Å². The van der Waals surface area contributed by atoms with E-state index in [1.54, 1.807) is 18.8 Å². The second-order valence-corrected chi connectivity index (χ2v) is 38.1. The van der Waals surface area contributed by atoms with Crippen LogP contribution in [0.25, 0.3) is 201 Å². The van der Waals surface area contributed by atoms with Crippen molar-refractivity contribution >= 4 is 55.0 Å². The molecule has 0 saturated heterocycles. The third-order valence-corrected chi connectivity index (χ3v) is 31.1. The highest BCUT2D eigenvalue weighted by atomic mass is 16.3. The number of benzene rings is 19. The van der Waals surface area contributed by atoms with E-state index in [2.05, 4.69) is 356 Å². The van der Waals surface area contributed by atoms with E-state index in [4.69, 9.17) is 38.2 Å². The molecule has 0 saturated carbocycles. The van der Waals surface area contributed by atoms with Gasteiger partial charge in [-0.3, -0.25) is 9.13 Å². The van der Waals surface area contributed by atoms with Crippen LogP contribution < -0.4 is 0 Å². The Kier molecular flexibility index (Phi) is 18.3. The molecular formula is C133H78N10O3. The van der Waals surface area contributed by atoms with Gasteiger partial charge in [0.15, 0.2) is 28.6 Å². The van der Waals surface area contributed by atoms with Gasteiger partial charge in [0.2, 0.25) is 0 Å². The first-order valence-electron chi connectivity index (χ1n) is 49.2. The number of hydrogen-bond donors (Lipinski definition) is 0. The molecule has 2 atom stereocenters. The summed E-state index contributed by atoms with van der Waals surface area (Å²) in [5, 5.41) is 33.0. The topological polar surface area (TPSA) is 185 Å². The van der Waals surface area contributed by atoms with Crippen molar-refractivity contribution in [2.24, 2.45) is 0 Å². The van der Waals surface area contributed by atoms with Crippen molar-refractivity contribution in [3.63, 3.8) is 0 Å². The van der Waals surface area contributed by atoms with Gasteiger partial charge in [0.25, 0.3) is 0 Å². The fraction of sp³-hybridized carbons (Fsp3) is 0.0376. The Morgan fingerprint density at radius 2 is 0.623 bits per heavy atom. The van der Waals surface area contributed by atoms with Crippen molar-refractivity contribution in [1.82, 2.24) is 34.1 Å². The summed E-state index contributed by atoms with van der Waals surface area (Å²) in [6.45, 7) is 2.15. The molecule has 3 spiro atoms. The number of fused-ring (bicyclic) bond motifs is 38. The quantitative estimate of drug-likeness (QED) is 0.134. The summed E-state index contributed by atoms with van der Waals surface area (Å²) < 4.78 is 23.1. The molecule has 2 unspecified atom stereocenters. The Morgan fingerprint density at radius 1 is 0.253 bits per heavy atom. The monoisotopic (exact) mass is 1860 g/mol. The largest absolute Gasteiger partial charge is 0.464 e. The number of imidazole rings is 2. The first kappa shape index (κ1) is 83.2. The summed E-state index contributed by atoms with van der Waals surface area (Å²) >= 11 is 0. The average Bonchev–Trinajstić information content (AvgIpc) is 1.51. The molecule has 13 nitrogen and oxygen atoms in total. The molecule has 6 aliphatic carbocycles. The predicted molar refractivity (Wildman–Crippen MR) is 576 cm³/mol. The van der Waals surface area contributed by atoms with Gasteiger partial charge in [0.1, 0.15) is 23.3 Å². The minimum atomic E-state index is -0.600. The van der Waals surface area contributed by atoms with Crippen LogP contribution in [0.5, 0.6) is 0 Å². The number of aryl methyl sites for hydroxylation is 1. The molecule has 25 aromatic rings. The van der Waals surface area contributed by atoms with Crippen LogP contribution in [0, 0.1) is 34.0 Å². The number of hydrogen-bond acceptors (Lipinski definition) is 11. The van der Waals surface area contributed by atoms with Gasteiger partial charge in [-0.05, 0) is 259 Å². The maximum Gasteiger partial charge on any atom is 0.164 e. The van der Waals surface area contributed by atoms with Crippen LogP contribution in [0.3, 0.4) is 0 Å². The lowest BCUT2D eigenvalue weighted by atomic mass is 9.70. The molecule has 146 heavy (non-hydrogen) atoms. The first-order valence-corrected chi connectivity index (χ1v) is 49.2. The van der Waals surface area contributed by atoms with E-state index >= 15 is 0 Å². The summed E-state index contributed by atoms with van der Waals surface area (Å²) in [5.41, 5.74) is 45.6. The van der Waals surface area contributed by atoms with E-state index in [1.807, 2.05) is 103 Å². The molecular weight excluding hydrogens is 1790 g/mol. The molecule has 6 aromatic heterocycles. The summed E-state index contributed by atoms with van der Waals surface area (Å²) in [6, 6.07) is 156. The molecule has 31 rings (SSSR count). The Morgan fingerprint density at radius 3 is 1.16 bits per heavy atom. The molecule has 6 aliphatic rings. The fourth-order valence-electron chi connectivity index (χ4n) is 25.2. The van der Waals surface area contributed by atoms with E-state index in [0.29, 0.717) is 39.7 Å². The van der Waals surface area contributed by atoms with Crippen molar-refractivity contribution in [2.45, 2.75) is 29.6 Å². The lowest BCUT2D eigenvalue weighted by Crippen LogP contribution is -2.26. The highest BCUT2D eigenvalue weighted by Crippen LogP contribution is 2.69. The third kappa shape index (κ3) is 11.7. The van der Waals surface area contributed by atoms with Gasteiger partial charge in [0, 0.05) is 56.1 Å². The number of nitriles is 3. The molecule has 0 N–H and O–H groups in total.